The van der Waals surface area contributed by atoms with Crippen LogP contribution in [-0.4, -0.2) is 47.7 Å². The van der Waals surface area contributed by atoms with Gasteiger partial charge in [-0.25, -0.2) is 4.79 Å². The molecule has 2 N–H and O–H groups in total. The molecule has 0 aromatic heterocycles. The lowest BCUT2D eigenvalue weighted by Crippen LogP contribution is -2.53. The van der Waals surface area contributed by atoms with Gasteiger partial charge < -0.3 is 20.3 Å². The van der Waals surface area contributed by atoms with E-state index >= 15 is 0 Å². The number of aryl methyl sites for hydroxylation is 1. The fourth-order valence-corrected chi connectivity index (χ4v) is 3.89. The van der Waals surface area contributed by atoms with Crippen molar-refractivity contribution in [2.24, 2.45) is 5.92 Å². The Labute approximate surface area is 174 Å². The number of carbonyl (C=O) groups is 2. The van der Waals surface area contributed by atoms with Crippen LogP contribution in [0.5, 0.6) is 0 Å². The molecule has 1 aliphatic carbocycles. The Morgan fingerprint density at radius 3 is 2.59 bits per heavy atom. The minimum Gasteiger partial charge on any atom is -0.444 e. The standard InChI is InChI=1S/C23H35N3O3/c1-15-7-6-8-17(16(15)2)14-26(20-9-10-20)21(27)18-11-19(13-24-12-18)25-22(28)29-23(3,4)5/h6-8,18-20,24H,9-14H2,1-5H3,(H,25,28)/t18-,19+/m0/s1. The summed E-state index contributed by atoms with van der Waals surface area (Å²) in [6.45, 7) is 11.8. The number of piperidine rings is 1. The van der Waals surface area contributed by atoms with Gasteiger partial charge in [-0.3, -0.25) is 4.79 Å². The van der Waals surface area contributed by atoms with Crippen molar-refractivity contribution in [3.8, 4) is 0 Å². The summed E-state index contributed by atoms with van der Waals surface area (Å²) in [7, 11) is 0. The van der Waals surface area contributed by atoms with E-state index < -0.39 is 11.7 Å². The van der Waals surface area contributed by atoms with Gasteiger partial charge in [-0.1, -0.05) is 18.2 Å². The molecular weight excluding hydrogens is 366 g/mol. The quantitative estimate of drug-likeness (QED) is 0.794. The van der Waals surface area contributed by atoms with E-state index in [9.17, 15) is 9.59 Å². The first kappa shape index (κ1) is 21.6. The minimum absolute atomic E-state index is 0.102. The lowest BCUT2D eigenvalue weighted by atomic mass is 9.93. The topological polar surface area (TPSA) is 70.7 Å². The predicted molar refractivity (Wildman–Crippen MR) is 114 cm³/mol. The maximum atomic E-state index is 13.4. The van der Waals surface area contributed by atoms with E-state index in [2.05, 4.69) is 47.6 Å². The Morgan fingerprint density at radius 2 is 1.93 bits per heavy atom. The number of alkyl carbamates (subject to hydrolysis) is 1. The highest BCUT2D eigenvalue weighted by atomic mass is 16.6. The van der Waals surface area contributed by atoms with Gasteiger partial charge in [0.1, 0.15) is 5.60 Å². The largest absolute Gasteiger partial charge is 0.444 e. The van der Waals surface area contributed by atoms with Crippen LogP contribution in [0.25, 0.3) is 0 Å². The first-order valence-electron chi connectivity index (χ1n) is 10.7. The van der Waals surface area contributed by atoms with Crippen LogP contribution in [0.2, 0.25) is 0 Å². The second-order valence-electron chi connectivity index (χ2n) is 9.49. The molecule has 0 unspecified atom stereocenters. The molecule has 2 amide bonds. The Bertz CT molecular complexity index is 752. The summed E-state index contributed by atoms with van der Waals surface area (Å²) in [5, 5.41) is 6.23. The van der Waals surface area contributed by atoms with E-state index in [1.165, 1.54) is 16.7 Å². The maximum absolute atomic E-state index is 13.4. The molecule has 2 fully saturated rings. The summed E-state index contributed by atoms with van der Waals surface area (Å²) in [6, 6.07) is 6.55. The molecule has 2 aliphatic rings. The highest BCUT2D eigenvalue weighted by Crippen LogP contribution is 2.31. The van der Waals surface area contributed by atoms with E-state index in [1.54, 1.807) is 0 Å². The smallest absolute Gasteiger partial charge is 0.407 e. The van der Waals surface area contributed by atoms with Crippen molar-refractivity contribution in [1.29, 1.82) is 0 Å². The van der Waals surface area contributed by atoms with E-state index in [1.807, 2.05) is 20.8 Å². The molecule has 3 rings (SSSR count). The van der Waals surface area contributed by atoms with Gasteiger partial charge in [-0.15, -0.1) is 0 Å². The molecule has 1 aliphatic heterocycles. The first-order chi connectivity index (χ1) is 13.6. The number of hydrogen-bond acceptors (Lipinski definition) is 4. The van der Waals surface area contributed by atoms with Crippen LogP contribution in [0.4, 0.5) is 4.79 Å². The fourth-order valence-electron chi connectivity index (χ4n) is 3.89. The minimum atomic E-state index is -0.532. The van der Waals surface area contributed by atoms with E-state index in [0.717, 1.165) is 12.8 Å². The molecule has 6 nitrogen and oxygen atoms in total. The Hall–Kier alpha value is -2.08. The molecule has 1 aromatic rings. The molecule has 29 heavy (non-hydrogen) atoms. The molecule has 1 saturated carbocycles. The summed E-state index contributed by atoms with van der Waals surface area (Å²) in [5.74, 6) is 0.0611. The molecule has 160 valence electrons. The van der Waals surface area contributed by atoms with Crippen LogP contribution in [0.1, 0.15) is 56.7 Å². The predicted octanol–water partition coefficient (Wildman–Crippen LogP) is 3.30. The van der Waals surface area contributed by atoms with Crippen LogP contribution in [-0.2, 0) is 16.1 Å². The number of amides is 2. The number of nitrogens with zero attached hydrogens (tertiary/aromatic N) is 1. The number of hydrogen-bond donors (Lipinski definition) is 2. The second-order valence-corrected chi connectivity index (χ2v) is 9.49. The molecule has 6 heteroatoms. The van der Waals surface area contributed by atoms with Crippen molar-refractivity contribution in [3.05, 3.63) is 34.9 Å². The van der Waals surface area contributed by atoms with E-state index in [-0.39, 0.29) is 17.9 Å². The fraction of sp³-hybridized carbons (Fsp3) is 0.652. The zero-order valence-corrected chi connectivity index (χ0v) is 18.4. The average molecular weight is 402 g/mol. The molecular formula is C23H35N3O3. The summed E-state index contributed by atoms with van der Waals surface area (Å²) >= 11 is 0. The second kappa shape index (κ2) is 8.74. The summed E-state index contributed by atoms with van der Waals surface area (Å²) in [4.78, 5) is 27.6. The van der Waals surface area contributed by atoms with Crippen LogP contribution in [0.3, 0.4) is 0 Å². The first-order valence-corrected chi connectivity index (χ1v) is 10.7. The average Bonchev–Trinajstić information content (AvgIpc) is 3.46. The van der Waals surface area contributed by atoms with E-state index in [0.29, 0.717) is 32.1 Å². The van der Waals surface area contributed by atoms with Crippen LogP contribution < -0.4 is 10.6 Å². The highest BCUT2D eigenvalue weighted by Gasteiger charge is 2.38. The number of benzene rings is 1. The number of carbonyl (C=O) groups excluding carboxylic acids is 2. The van der Waals surface area contributed by atoms with Gasteiger partial charge in [0.25, 0.3) is 0 Å². The third-order valence-corrected chi connectivity index (χ3v) is 5.75. The third-order valence-electron chi connectivity index (χ3n) is 5.75. The molecule has 0 radical (unpaired) electrons. The van der Waals surface area contributed by atoms with Gasteiger partial charge in [-0.2, -0.15) is 0 Å². The van der Waals surface area contributed by atoms with E-state index in [4.69, 9.17) is 4.74 Å². The van der Waals surface area contributed by atoms with Crippen molar-refractivity contribution in [2.75, 3.05) is 13.1 Å². The lowest BCUT2D eigenvalue weighted by molar-refractivity contribution is -0.137. The Balaban J connectivity index is 1.64. The monoisotopic (exact) mass is 401 g/mol. The summed E-state index contributed by atoms with van der Waals surface area (Å²) in [5.41, 5.74) is 3.21. The number of rotatable bonds is 5. The van der Waals surface area contributed by atoms with Crippen LogP contribution in [0, 0.1) is 19.8 Å². The van der Waals surface area contributed by atoms with Crippen molar-refractivity contribution in [2.45, 2.75) is 78.1 Å². The van der Waals surface area contributed by atoms with Crippen LogP contribution in [0.15, 0.2) is 18.2 Å². The lowest BCUT2D eigenvalue weighted by Gasteiger charge is -2.34. The van der Waals surface area contributed by atoms with Gasteiger partial charge in [0.05, 0.1) is 5.92 Å². The number of ether oxygens (including phenoxy) is 1. The van der Waals surface area contributed by atoms with Crippen molar-refractivity contribution in [3.63, 3.8) is 0 Å². The molecule has 1 heterocycles. The molecule has 1 saturated heterocycles. The Kier molecular flexibility index (Phi) is 6.52. The van der Waals surface area contributed by atoms with Crippen molar-refractivity contribution in [1.82, 2.24) is 15.5 Å². The van der Waals surface area contributed by atoms with Crippen molar-refractivity contribution < 1.29 is 14.3 Å². The normalized spacial score (nSPS) is 22.1. The molecule has 0 spiro atoms. The molecule has 1 aromatic carbocycles. The van der Waals surface area contributed by atoms with Gasteiger partial charge in [0, 0.05) is 31.7 Å². The number of nitrogens with one attached hydrogen (secondary N) is 2. The maximum Gasteiger partial charge on any atom is 0.407 e. The Morgan fingerprint density at radius 1 is 1.21 bits per heavy atom. The van der Waals surface area contributed by atoms with Gasteiger partial charge >= 0.3 is 6.09 Å². The molecule has 0 bridgehead atoms. The van der Waals surface area contributed by atoms with Crippen molar-refractivity contribution >= 4 is 12.0 Å². The van der Waals surface area contributed by atoms with Gasteiger partial charge in [-0.05, 0) is 70.6 Å². The third kappa shape index (κ3) is 5.95. The van der Waals surface area contributed by atoms with Gasteiger partial charge in [0.2, 0.25) is 5.91 Å². The van der Waals surface area contributed by atoms with Gasteiger partial charge in [0.15, 0.2) is 0 Å². The molecule has 2 atom stereocenters. The van der Waals surface area contributed by atoms with Crippen LogP contribution >= 0.6 is 0 Å². The summed E-state index contributed by atoms with van der Waals surface area (Å²) in [6.07, 6.45) is 2.38. The SMILES string of the molecule is Cc1cccc(CN(C(=O)[C@@H]2CNC[C@H](NC(=O)OC(C)(C)C)C2)C2CC2)c1C. The summed E-state index contributed by atoms with van der Waals surface area (Å²) < 4.78 is 5.36. The zero-order chi connectivity index (χ0) is 21.2. The highest BCUT2D eigenvalue weighted by molar-refractivity contribution is 5.80. The zero-order valence-electron chi connectivity index (χ0n) is 18.4.